The number of aromatic hydroxyl groups is 1. The van der Waals surface area contributed by atoms with Crippen molar-refractivity contribution in [3.05, 3.63) is 40.9 Å². The van der Waals surface area contributed by atoms with E-state index in [4.69, 9.17) is 0 Å². The third kappa shape index (κ3) is 5.32. The van der Waals surface area contributed by atoms with Crippen molar-refractivity contribution < 1.29 is 9.90 Å². The predicted molar refractivity (Wildman–Crippen MR) is 98.5 cm³/mol. The van der Waals surface area contributed by atoms with Crippen LogP contribution >= 0.6 is 11.3 Å². The zero-order valence-electron chi connectivity index (χ0n) is 14.5. The highest BCUT2D eigenvalue weighted by molar-refractivity contribution is 7.14. The van der Waals surface area contributed by atoms with Crippen LogP contribution in [0.5, 0.6) is 5.75 Å². The maximum Gasteiger partial charge on any atom is 0.225 e. The highest BCUT2D eigenvalue weighted by atomic mass is 32.1. The number of nitrogens with one attached hydrogen (secondary N) is 1. The summed E-state index contributed by atoms with van der Waals surface area (Å²) in [6.45, 7) is 7.00. The summed E-state index contributed by atoms with van der Waals surface area (Å²) in [4.78, 5) is 17.8. The molecule has 0 radical (unpaired) electrons. The number of hydrogen-bond acceptors (Lipinski definition) is 5. The van der Waals surface area contributed by atoms with Crippen molar-refractivity contribution in [2.24, 2.45) is 0 Å². The van der Waals surface area contributed by atoms with Crippen LogP contribution in [0.25, 0.3) is 0 Å². The summed E-state index contributed by atoms with van der Waals surface area (Å²) >= 11 is 1.50. The Bertz CT molecular complexity index is 655. The Labute approximate surface area is 147 Å². The van der Waals surface area contributed by atoms with E-state index in [2.05, 4.69) is 17.2 Å². The van der Waals surface area contributed by atoms with Gasteiger partial charge in [-0.3, -0.25) is 9.69 Å². The van der Waals surface area contributed by atoms with Crippen molar-refractivity contribution in [3.8, 4) is 5.75 Å². The van der Waals surface area contributed by atoms with Gasteiger partial charge in [0.2, 0.25) is 5.91 Å². The molecule has 1 aromatic heterocycles. The molecule has 0 fully saturated rings. The van der Waals surface area contributed by atoms with Crippen LogP contribution in [-0.2, 0) is 17.8 Å². The van der Waals surface area contributed by atoms with Crippen LogP contribution in [0.15, 0.2) is 29.6 Å². The summed E-state index contributed by atoms with van der Waals surface area (Å²) in [5, 5.41) is 15.5. The van der Waals surface area contributed by atoms with Crippen molar-refractivity contribution in [2.75, 3.05) is 11.4 Å². The number of carbonyl (C=O) groups excluding carboxylic acids is 1. The molecule has 0 saturated heterocycles. The molecule has 1 amide bonds. The molecule has 2 aromatic rings. The Kier molecular flexibility index (Phi) is 6.75. The highest BCUT2D eigenvalue weighted by Crippen LogP contribution is 2.20. The van der Waals surface area contributed by atoms with Crippen LogP contribution in [0.1, 0.15) is 38.4 Å². The SMILES string of the molecule is CCN(C(C)=O)c1nc(CNC(C)CCc2ccc(O)cc2)cs1. The second kappa shape index (κ2) is 8.80. The normalized spacial score (nSPS) is 12.1. The fourth-order valence-corrected chi connectivity index (χ4v) is 3.35. The van der Waals surface area contributed by atoms with E-state index in [1.54, 1.807) is 24.0 Å². The lowest BCUT2D eigenvalue weighted by Crippen LogP contribution is -2.28. The number of phenolic OH excluding ortho intramolecular Hbond substituents is 1. The number of hydrogen-bond donors (Lipinski definition) is 2. The van der Waals surface area contributed by atoms with Crippen molar-refractivity contribution in [3.63, 3.8) is 0 Å². The Hall–Kier alpha value is -1.92. The molecule has 0 bridgehead atoms. The molecule has 0 aliphatic carbocycles. The Morgan fingerprint density at radius 2 is 2.08 bits per heavy atom. The van der Waals surface area contributed by atoms with Gasteiger partial charge in [-0.1, -0.05) is 12.1 Å². The molecular formula is C18H25N3O2S. The number of carbonyl (C=O) groups is 1. The topological polar surface area (TPSA) is 65.5 Å². The van der Waals surface area contributed by atoms with E-state index < -0.39 is 0 Å². The molecule has 2 rings (SSSR count). The smallest absolute Gasteiger partial charge is 0.225 e. The average molecular weight is 347 g/mol. The fourth-order valence-electron chi connectivity index (χ4n) is 2.42. The van der Waals surface area contributed by atoms with Crippen molar-refractivity contribution in [2.45, 2.75) is 46.2 Å². The number of benzene rings is 1. The van der Waals surface area contributed by atoms with E-state index in [9.17, 15) is 9.90 Å². The first kappa shape index (κ1) is 18.4. The van der Waals surface area contributed by atoms with Gasteiger partial charge in [-0.2, -0.15) is 0 Å². The number of amides is 1. The van der Waals surface area contributed by atoms with Crippen LogP contribution in [0.3, 0.4) is 0 Å². The molecule has 0 aliphatic heterocycles. The highest BCUT2D eigenvalue weighted by Gasteiger charge is 2.13. The zero-order chi connectivity index (χ0) is 17.5. The molecule has 0 aliphatic rings. The number of thiazole rings is 1. The molecule has 0 saturated carbocycles. The minimum Gasteiger partial charge on any atom is -0.508 e. The van der Waals surface area contributed by atoms with E-state index in [1.807, 2.05) is 24.4 Å². The van der Waals surface area contributed by atoms with E-state index in [0.717, 1.165) is 23.7 Å². The summed E-state index contributed by atoms with van der Waals surface area (Å²) in [6, 6.07) is 7.71. The van der Waals surface area contributed by atoms with Gasteiger partial charge in [-0.25, -0.2) is 4.98 Å². The Morgan fingerprint density at radius 1 is 1.38 bits per heavy atom. The summed E-state index contributed by atoms with van der Waals surface area (Å²) in [5.74, 6) is 0.324. The average Bonchev–Trinajstić information content (AvgIpc) is 3.01. The van der Waals surface area contributed by atoms with Gasteiger partial charge < -0.3 is 10.4 Å². The van der Waals surface area contributed by atoms with E-state index in [0.29, 0.717) is 24.9 Å². The number of anilines is 1. The lowest BCUT2D eigenvalue weighted by molar-refractivity contribution is -0.116. The molecule has 5 nitrogen and oxygen atoms in total. The minimum absolute atomic E-state index is 0.0219. The van der Waals surface area contributed by atoms with Gasteiger partial charge in [0.25, 0.3) is 0 Å². The molecule has 24 heavy (non-hydrogen) atoms. The third-order valence-corrected chi connectivity index (χ3v) is 4.81. The lowest BCUT2D eigenvalue weighted by atomic mass is 10.1. The number of nitrogens with zero attached hydrogens (tertiary/aromatic N) is 2. The van der Waals surface area contributed by atoms with Crippen LogP contribution in [0.4, 0.5) is 5.13 Å². The standard InChI is InChI=1S/C18H25N3O2S/c1-4-21(14(3)22)18-20-16(12-24-18)11-19-13(2)5-6-15-7-9-17(23)10-8-15/h7-10,12-13,19,23H,4-6,11H2,1-3H3. The second-order valence-corrected chi connectivity index (χ2v) is 6.71. The number of aryl methyl sites for hydroxylation is 1. The van der Waals surface area contributed by atoms with E-state index in [1.165, 1.54) is 16.9 Å². The maximum atomic E-state index is 11.6. The molecule has 130 valence electrons. The second-order valence-electron chi connectivity index (χ2n) is 5.87. The number of rotatable bonds is 8. The summed E-state index contributed by atoms with van der Waals surface area (Å²) in [6.07, 6.45) is 1.97. The molecule has 1 atom stereocenters. The number of aromatic nitrogens is 1. The quantitative estimate of drug-likeness (QED) is 0.769. The largest absolute Gasteiger partial charge is 0.508 e. The molecule has 6 heteroatoms. The molecule has 0 spiro atoms. The molecule has 1 heterocycles. The summed E-state index contributed by atoms with van der Waals surface area (Å²) in [5.41, 5.74) is 2.18. The van der Waals surface area contributed by atoms with Crippen LogP contribution in [-0.4, -0.2) is 28.6 Å². The maximum absolute atomic E-state index is 11.6. The van der Waals surface area contributed by atoms with Crippen LogP contribution in [0.2, 0.25) is 0 Å². The van der Waals surface area contributed by atoms with Gasteiger partial charge >= 0.3 is 0 Å². The van der Waals surface area contributed by atoms with Crippen LogP contribution in [0, 0.1) is 0 Å². The predicted octanol–water partition coefficient (Wildman–Crippen LogP) is 3.33. The van der Waals surface area contributed by atoms with Gasteiger partial charge in [-0.05, 0) is 44.4 Å². The zero-order valence-corrected chi connectivity index (χ0v) is 15.3. The van der Waals surface area contributed by atoms with Gasteiger partial charge in [0.05, 0.1) is 5.69 Å². The van der Waals surface area contributed by atoms with Gasteiger partial charge in [-0.15, -0.1) is 11.3 Å². The summed E-state index contributed by atoms with van der Waals surface area (Å²) in [7, 11) is 0. The lowest BCUT2D eigenvalue weighted by Gasteiger charge is -2.15. The first-order valence-electron chi connectivity index (χ1n) is 8.23. The molecule has 1 unspecified atom stereocenters. The Morgan fingerprint density at radius 3 is 2.71 bits per heavy atom. The Balaban J connectivity index is 1.79. The van der Waals surface area contributed by atoms with Crippen molar-refractivity contribution in [1.82, 2.24) is 10.3 Å². The van der Waals surface area contributed by atoms with Crippen molar-refractivity contribution in [1.29, 1.82) is 0 Å². The fraction of sp³-hybridized carbons (Fsp3) is 0.444. The molecule has 2 N–H and O–H groups in total. The number of phenols is 1. The molecular weight excluding hydrogens is 322 g/mol. The van der Waals surface area contributed by atoms with Gasteiger partial charge in [0, 0.05) is 31.4 Å². The summed E-state index contributed by atoms with van der Waals surface area (Å²) < 4.78 is 0. The van der Waals surface area contributed by atoms with Gasteiger partial charge in [0.15, 0.2) is 5.13 Å². The van der Waals surface area contributed by atoms with E-state index >= 15 is 0 Å². The first-order valence-corrected chi connectivity index (χ1v) is 9.11. The van der Waals surface area contributed by atoms with Gasteiger partial charge in [0.1, 0.15) is 5.75 Å². The third-order valence-electron chi connectivity index (χ3n) is 3.90. The van der Waals surface area contributed by atoms with E-state index in [-0.39, 0.29) is 5.91 Å². The minimum atomic E-state index is 0.0219. The monoisotopic (exact) mass is 347 g/mol. The molecule has 1 aromatic carbocycles. The van der Waals surface area contributed by atoms with Crippen molar-refractivity contribution >= 4 is 22.4 Å². The first-order chi connectivity index (χ1) is 11.5. The van der Waals surface area contributed by atoms with Crippen LogP contribution < -0.4 is 10.2 Å².